The summed E-state index contributed by atoms with van der Waals surface area (Å²) in [7, 11) is 0. The molecule has 0 saturated carbocycles. The van der Waals surface area contributed by atoms with E-state index in [1.165, 1.54) is 16.7 Å². The normalized spacial score (nSPS) is 23.2. The van der Waals surface area contributed by atoms with Gasteiger partial charge in [0.25, 0.3) is 0 Å². The molecule has 3 atom stereocenters. The van der Waals surface area contributed by atoms with Gasteiger partial charge in [0, 0.05) is 12.5 Å². The maximum absolute atomic E-state index is 6.06. The summed E-state index contributed by atoms with van der Waals surface area (Å²) in [5.74, 6) is 1.94. The molecule has 26 heavy (non-hydrogen) atoms. The van der Waals surface area contributed by atoms with Crippen LogP contribution in [0.25, 0.3) is 0 Å². The Morgan fingerprint density at radius 1 is 1.04 bits per heavy atom. The lowest BCUT2D eigenvalue weighted by atomic mass is 9.76. The second-order valence-corrected chi connectivity index (χ2v) is 7.10. The summed E-state index contributed by atoms with van der Waals surface area (Å²) in [5.41, 5.74) is 5.22. The van der Waals surface area contributed by atoms with Gasteiger partial charge < -0.3 is 14.8 Å². The molecule has 2 aromatic carbocycles. The molecule has 2 aromatic rings. The van der Waals surface area contributed by atoms with Gasteiger partial charge in [0.15, 0.2) is 0 Å². The molecule has 2 aliphatic rings. The van der Waals surface area contributed by atoms with Crippen molar-refractivity contribution in [1.82, 2.24) is 0 Å². The first kappa shape index (κ1) is 17.2. The fraction of sp³-hybridized carbons (Fsp3) is 0.391. The molecule has 0 spiro atoms. The number of fused-ring (bicyclic) bond motifs is 3. The molecular weight excluding hydrogens is 322 g/mol. The number of para-hydroxylation sites is 1. The number of hydrogen-bond donors (Lipinski definition) is 1. The molecule has 0 saturated heterocycles. The highest BCUT2D eigenvalue weighted by atomic mass is 16.5. The van der Waals surface area contributed by atoms with Gasteiger partial charge in [-0.3, -0.25) is 0 Å². The van der Waals surface area contributed by atoms with Gasteiger partial charge in [-0.25, -0.2) is 0 Å². The Morgan fingerprint density at radius 2 is 1.88 bits per heavy atom. The molecule has 1 aliphatic heterocycles. The summed E-state index contributed by atoms with van der Waals surface area (Å²) in [6, 6.07) is 15.4. The number of ether oxygens (including phenoxy) is 2. The van der Waals surface area contributed by atoms with Crippen molar-refractivity contribution < 1.29 is 9.47 Å². The number of nitrogens with one attached hydrogen (secondary N) is 1. The molecule has 3 nitrogen and oxygen atoms in total. The Balaban J connectivity index is 1.67. The molecule has 0 amide bonds. The van der Waals surface area contributed by atoms with Crippen molar-refractivity contribution in [3.8, 4) is 5.75 Å². The van der Waals surface area contributed by atoms with Crippen LogP contribution in [0.15, 0.2) is 54.6 Å². The third-order valence-corrected chi connectivity index (χ3v) is 5.57. The standard InChI is InChI=1S/C23H27NO2/c1-3-25-14-15-26-21-13-7-12-20-18-10-6-11-19(18)22(24-23(20)21)17-9-5-4-8-16(17)2/h4-10,12-13,18-19,22,24H,3,11,14-15H2,1-2H3. The molecule has 1 heterocycles. The van der Waals surface area contributed by atoms with E-state index < -0.39 is 0 Å². The summed E-state index contributed by atoms with van der Waals surface area (Å²) in [5, 5.41) is 3.83. The van der Waals surface area contributed by atoms with E-state index >= 15 is 0 Å². The minimum absolute atomic E-state index is 0.306. The second-order valence-electron chi connectivity index (χ2n) is 7.10. The van der Waals surface area contributed by atoms with Crippen molar-refractivity contribution in [2.24, 2.45) is 5.92 Å². The summed E-state index contributed by atoms with van der Waals surface area (Å²) < 4.78 is 11.5. The Kier molecular flexibility index (Phi) is 4.98. The molecular formula is C23H27NO2. The van der Waals surface area contributed by atoms with Crippen LogP contribution in [0.2, 0.25) is 0 Å². The Hall–Kier alpha value is -2.26. The Morgan fingerprint density at radius 3 is 2.73 bits per heavy atom. The third kappa shape index (κ3) is 3.12. The summed E-state index contributed by atoms with van der Waals surface area (Å²) in [6.45, 7) is 6.12. The summed E-state index contributed by atoms with van der Waals surface area (Å²) in [6.07, 6.45) is 5.82. The quantitative estimate of drug-likeness (QED) is 0.572. The van der Waals surface area contributed by atoms with E-state index in [1.54, 1.807) is 0 Å². The predicted octanol–water partition coefficient (Wildman–Crippen LogP) is 5.24. The number of aryl methyl sites for hydroxylation is 1. The van der Waals surface area contributed by atoms with Crippen LogP contribution in [-0.2, 0) is 4.74 Å². The van der Waals surface area contributed by atoms with Crippen LogP contribution in [0, 0.1) is 12.8 Å². The highest BCUT2D eigenvalue weighted by molar-refractivity contribution is 5.68. The van der Waals surface area contributed by atoms with Crippen LogP contribution in [0.5, 0.6) is 5.75 Å². The molecule has 136 valence electrons. The molecule has 0 fully saturated rings. The third-order valence-electron chi connectivity index (χ3n) is 5.57. The van der Waals surface area contributed by atoms with Crippen molar-refractivity contribution in [3.63, 3.8) is 0 Å². The number of anilines is 1. The van der Waals surface area contributed by atoms with Gasteiger partial charge in [-0.1, -0.05) is 48.6 Å². The van der Waals surface area contributed by atoms with E-state index in [2.05, 4.69) is 66.9 Å². The van der Waals surface area contributed by atoms with Crippen LogP contribution in [-0.4, -0.2) is 19.8 Å². The van der Waals surface area contributed by atoms with Crippen LogP contribution in [0.4, 0.5) is 5.69 Å². The monoisotopic (exact) mass is 349 g/mol. The maximum Gasteiger partial charge on any atom is 0.142 e. The van der Waals surface area contributed by atoms with E-state index in [1.807, 2.05) is 6.92 Å². The fourth-order valence-corrected chi connectivity index (χ4v) is 4.31. The van der Waals surface area contributed by atoms with Crippen molar-refractivity contribution in [1.29, 1.82) is 0 Å². The van der Waals surface area contributed by atoms with Crippen LogP contribution in [0.1, 0.15) is 42.0 Å². The van der Waals surface area contributed by atoms with E-state index in [-0.39, 0.29) is 0 Å². The molecule has 3 heteroatoms. The minimum atomic E-state index is 0.306. The average Bonchev–Trinajstić information content (AvgIpc) is 3.15. The number of rotatable bonds is 6. The smallest absolute Gasteiger partial charge is 0.142 e. The van der Waals surface area contributed by atoms with Gasteiger partial charge in [-0.2, -0.15) is 0 Å². The van der Waals surface area contributed by atoms with Gasteiger partial charge in [0.1, 0.15) is 12.4 Å². The lowest BCUT2D eigenvalue weighted by Gasteiger charge is -2.38. The first-order valence-electron chi connectivity index (χ1n) is 9.61. The molecule has 0 radical (unpaired) electrons. The van der Waals surface area contributed by atoms with Crippen molar-refractivity contribution in [2.75, 3.05) is 25.1 Å². The lowest BCUT2D eigenvalue weighted by molar-refractivity contribution is 0.110. The zero-order valence-electron chi connectivity index (χ0n) is 15.6. The minimum Gasteiger partial charge on any atom is -0.489 e. The maximum atomic E-state index is 6.06. The predicted molar refractivity (Wildman–Crippen MR) is 106 cm³/mol. The van der Waals surface area contributed by atoms with Gasteiger partial charge in [0.05, 0.1) is 18.3 Å². The molecule has 1 N–H and O–H groups in total. The zero-order chi connectivity index (χ0) is 17.9. The number of allylic oxidation sites excluding steroid dienone is 2. The van der Waals surface area contributed by atoms with Crippen molar-refractivity contribution in [2.45, 2.75) is 32.2 Å². The Labute approximate surface area is 156 Å². The lowest BCUT2D eigenvalue weighted by Crippen LogP contribution is -2.30. The first-order valence-corrected chi connectivity index (χ1v) is 9.61. The van der Waals surface area contributed by atoms with Gasteiger partial charge in [0.2, 0.25) is 0 Å². The SMILES string of the molecule is CCOCCOc1cccc2c1NC(c1ccccc1C)C1CC=CC21. The number of benzene rings is 2. The molecule has 1 aliphatic carbocycles. The van der Waals surface area contributed by atoms with Crippen LogP contribution < -0.4 is 10.1 Å². The van der Waals surface area contributed by atoms with Gasteiger partial charge in [-0.05, 0) is 48.9 Å². The molecule has 3 unspecified atom stereocenters. The summed E-state index contributed by atoms with van der Waals surface area (Å²) >= 11 is 0. The van der Waals surface area contributed by atoms with Gasteiger partial charge in [-0.15, -0.1) is 0 Å². The Bertz CT molecular complexity index is 799. The van der Waals surface area contributed by atoms with E-state index in [4.69, 9.17) is 9.47 Å². The largest absolute Gasteiger partial charge is 0.489 e. The van der Waals surface area contributed by atoms with Crippen molar-refractivity contribution in [3.05, 3.63) is 71.3 Å². The zero-order valence-corrected chi connectivity index (χ0v) is 15.6. The van der Waals surface area contributed by atoms with E-state index in [0.29, 0.717) is 31.1 Å². The molecule has 4 rings (SSSR count). The van der Waals surface area contributed by atoms with E-state index in [9.17, 15) is 0 Å². The first-order chi connectivity index (χ1) is 12.8. The average molecular weight is 349 g/mol. The highest BCUT2D eigenvalue weighted by Gasteiger charge is 2.39. The fourth-order valence-electron chi connectivity index (χ4n) is 4.31. The molecule has 0 aromatic heterocycles. The van der Waals surface area contributed by atoms with Crippen molar-refractivity contribution >= 4 is 5.69 Å². The topological polar surface area (TPSA) is 30.5 Å². The van der Waals surface area contributed by atoms with Gasteiger partial charge >= 0.3 is 0 Å². The number of hydrogen-bond acceptors (Lipinski definition) is 3. The highest BCUT2D eigenvalue weighted by Crippen LogP contribution is 2.52. The van der Waals surface area contributed by atoms with Crippen LogP contribution >= 0.6 is 0 Å². The molecule has 0 bridgehead atoms. The van der Waals surface area contributed by atoms with E-state index in [0.717, 1.165) is 24.5 Å². The second kappa shape index (κ2) is 7.55. The van der Waals surface area contributed by atoms with Crippen LogP contribution in [0.3, 0.4) is 0 Å². The summed E-state index contributed by atoms with van der Waals surface area (Å²) in [4.78, 5) is 0.